The zero-order valence-corrected chi connectivity index (χ0v) is 38.2. The number of carbonyl (C=O) groups excluding carboxylic acids is 1. The first-order valence-electron chi connectivity index (χ1n) is 21.0. The summed E-state index contributed by atoms with van der Waals surface area (Å²) in [6.45, 7) is 23.1. The van der Waals surface area contributed by atoms with Gasteiger partial charge in [0.15, 0.2) is 12.6 Å². The van der Waals surface area contributed by atoms with E-state index >= 15 is 8.78 Å². The third-order valence-electron chi connectivity index (χ3n) is 12.0. The van der Waals surface area contributed by atoms with Crippen LogP contribution in [0.4, 0.5) is 19.4 Å². The fraction of sp³-hybridized carbons (Fsp3) is 0.565. The summed E-state index contributed by atoms with van der Waals surface area (Å²) >= 11 is 0. The normalized spacial score (nSPS) is 17.2. The van der Waals surface area contributed by atoms with Gasteiger partial charge in [0.1, 0.15) is 42.3 Å². The van der Waals surface area contributed by atoms with Crippen LogP contribution < -0.4 is 14.4 Å². The molecule has 2 aromatic heterocycles. The predicted octanol–water partition coefficient (Wildman–Crippen LogP) is 9.66. The number of amides is 1. The van der Waals surface area contributed by atoms with Crippen molar-refractivity contribution in [1.82, 2.24) is 19.9 Å². The molecule has 0 spiro atoms. The van der Waals surface area contributed by atoms with Crippen LogP contribution >= 0.6 is 0 Å². The number of piperazine rings is 1. The maximum absolute atomic E-state index is 17.6. The predicted molar refractivity (Wildman–Crippen MR) is 234 cm³/mol. The number of anilines is 1. The van der Waals surface area contributed by atoms with E-state index in [0.29, 0.717) is 57.4 Å². The van der Waals surface area contributed by atoms with Gasteiger partial charge in [0, 0.05) is 42.8 Å². The molecule has 1 N–H and O–H groups in total. The second kappa shape index (κ2) is 17.4. The lowest BCUT2D eigenvalue weighted by molar-refractivity contribution is 0.0122. The molecule has 0 aliphatic carbocycles. The van der Waals surface area contributed by atoms with E-state index in [0.717, 1.165) is 12.8 Å². The molecule has 1 amide bonds. The number of ether oxygens (including phenoxy) is 4. The highest BCUT2D eigenvalue weighted by Gasteiger charge is 2.45. The van der Waals surface area contributed by atoms with E-state index in [4.69, 9.17) is 28.9 Å². The molecule has 0 radical (unpaired) electrons. The maximum atomic E-state index is 17.6. The highest BCUT2D eigenvalue weighted by molar-refractivity contribution is 6.90. The van der Waals surface area contributed by atoms with Crippen LogP contribution in [0, 0.1) is 28.5 Å². The number of aliphatic hydroxyl groups is 1. The number of nitrogens with zero attached hydrogens (tertiary/aromatic N) is 5. The van der Waals surface area contributed by atoms with E-state index < -0.39 is 30.7 Å². The molecule has 4 aromatic rings. The van der Waals surface area contributed by atoms with Crippen molar-refractivity contribution in [2.24, 2.45) is 5.41 Å². The van der Waals surface area contributed by atoms with Crippen molar-refractivity contribution < 1.29 is 37.6 Å². The van der Waals surface area contributed by atoms with E-state index in [2.05, 4.69) is 58.0 Å². The van der Waals surface area contributed by atoms with Crippen molar-refractivity contribution in [3.8, 4) is 34.5 Å². The molecule has 2 saturated heterocycles. The van der Waals surface area contributed by atoms with Gasteiger partial charge in [-0.1, -0.05) is 67.4 Å². The first-order valence-corrected chi connectivity index (χ1v) is 23.2. The van der Waals surface area contributed by atoms with Gasteiger partial charge in [0.2, 0.25) is 0 Å². The molecule has 324 valence electrons. The minimum absolute atomic E-state index is 0.0463. The number of benzene rings is 2. The second-order valence-electron chi connectivity index (χ2n) is 19.0. The molecular weight excluding hydrogens is 785 g/mol. The van der Waals surface area contributed by atoms with Gasteiger partial charge in [0.05, 0.1) is 36.2 Å². The van der Waals surface area contributed by atoms with Gasteiger partial charge in [-0.15, -0.1) is 5.54 Å². The summed E-state index contributed by atoms with van der Waals surface area (Å²) in [5.41, 5.74) is 3.61. The number of rotatable bonds is 12. The minimum Gasteiger partial charge on any atom is -0.468 e. The van der Waals surface area contributed by atoms with E-state index in [9.17, 15) is 9.90 Å². The number of fused-ring (bicyclic) bond motifs is 4. The summed E-state index contributed by atoms with van der Waals surface area (Å²) in [4.78, 5) is 31.4. The Morgan fingerprint density at radius 1 is 0.967 bits per heavy atom. The molecule has 6 rings (SSSR count). The van der Waals surface area contributed by atoms with Crippen molar-refractivity contribution >= 4 is 41.7 Å². The Morgan fingerprint density at radius 2 is 1.62 bits per heavy atom. The molecule has 60 heavy (non-hydrogen) atoms. The molecule has 2 aliphatic heterocycles. The molecule has 2 fully saturated rings. The van der Waals surface area contributed by atoms with Crippen LogP contribution in [0.25, 0.3) is 32.9 Å². The number of aliphatic hydroxyl groups excluding tert-OH is 1. The third kappa shape index (κ3) is 8.90. The van der Waals surface area contributed by atoms with Gasteiger partial charge in [-0.25, -0.2) is 13.6 Å². The average Bonchev–Trinajstić information content (AvgIpc) is 3.45. The maximum Gasteiger partial charge on any atom is 0.410 e. The van der Waals surface area contributed by atoms with Gasteiger partial charge < -0.3 is 29.0 Å². The second-order valence-corrected chi connectivity index (χ2v) is 24.6. The van der Waals surface area contributed by atoms with Crippen LogP contribution in [-0.2, 0) is 9.47 Å². The summed E-state index contributed by atoms with van der Waals surface area (Å²) in [5, 5.41) is 11.3. The third-order valence-corrected chi connectivity index (χ3v) is 18.2. The van der Waals surface area contributed by atoms with E-state index in [1.807, 2.05) is 44.4 Å². The molecule has 2 aliphatic rings. The number of hydrogen-bond acceptors (Lipinski definition) is 10. The summed E-state index contributed by atoms with van der Waals surface area (Å²) in [6.07, 6.45) is 2.74. The SMILES string of the molecule is COCOc1cc(-c2ncc3c(N4CC5CCC(C4)N5C(=O)OC(C)(C)C)nc(OCC(C)(C)CO)nc3c2F)c2c(C#C[Si](C(C)C)(C(C)C)C(C)C)c(F)ccc2c1. The molecule has 4 heterocycles. The quantitative estimate of drug-likeness (QED) is 0.0839. The topological polar surface area (TPSA) is 119 Å². The van der Waals surface area contributed by atoms with Gasteiger partial charge in [-0.05, 0) is 73.8 Å². The first kappa shape index (κ1) is 45.0. The fourth-order valence-electron chi connectivity index (χ4n) is 9.05. The van der Waals surface area contributed by atoms with Gasteiger partial charge in [-0.3, -0.25) is 9.88 Å². The summed E-state index contributed by atoms with van der Waals surface area (Å²) in [7, 11) is -0.807. The minimum atomic E-state index is -2.31. The van der Waals surface area contributed by atoms with Gasteiger partial charge in [-0.2, -0.15) is 9.97 Å². The Labute approximate surface area is 354 Å². The molecule has 2 atom stereocenters. The number of methoxy groups -OCH3 is 1. The van der Waals surface area contributed by atoms with E-state index in [1.165, 1.54) is 13.2 Å². The number of halogens is 2. The van der Waals surface area contributed by atoms with Crippen molar-refractivity contribution in [1.29, 1.82) is 0 Å². The smallest absolute Gasteiger partial charge is 0.410 e. The Bertz CT molecular complexity index is 2270. The van der Waals surface area contributed by atoms with E-state index in [-0.39, 0.29) is 66.5 Å². The van der Waals surface area contributed by atoms with Crippen molar-refractivity contribution in [2.75, 3.05) is 45.1 Å². The Kier molecular flexibility index (Phi) is 13.1. The van der Waals surface area contributed by atoms with Crippen LogP contribution in [0.15, 0.2) is 30.5 Å². The standard InChI is InChI=1S/C46H61F2N5O6Si/c1-27(2)60(28(3)4,29(5)6)18-17-34-37(47)16-13-30-19-33(58-26-56-12)20-35(38(30)34)40-39(48)41-36(21-49-40)42(51-43(50-41)57-25-46(10,11)24-54)52-22-31-14-15-32(23-52)53(31)44(55)59-45(7,8)9/h13,16,19-21,27-29,31-32,54H,14-15,22-26H2,1-12H3. The Hall–Kier alpha value is -4.58. The van der Waals surface area contributed by atoms with Crippen LogP contribution in [0.5, 0.6) is 11.8 Å². The summed E-state index contributed by atoms with van der Waals surface area (Å²) in [5.74, 6) is 2.82. The van der Waals surface area contributed by atoms with Crippen LogP contribution in [0.2, 0.25) is 16.6 Å². The first-order chi connectivity index (χ1) is 28.2. The highest BCUT2D eigenvalue weighted by Crippen LogP contribution is 2.43. The van der Waals surface area contributed by atoms with Crippen molar-refractivity contribution in [3.63, 3.8) is 0 Å². The zero-order chi connectivity index (χ0) is 43.9. The average molecular weight is 846 g/mol. The van der Waals surface area contributed by atoms with E-state index in [1.54, 1.807) is 24.4 Å². The van der Waals surface area contributed by atoms with Gasteiger partial charge in [0.25, 0.3) is 0 Å². The van der Waals surface area contributed by atoms with Crippen LogP contribution in [-0.4, -0.2) is 97.0 Å². The summed E-state index contributed by atoms with van der Waals surface area (Å²) in [6, 6.07) is 6.04. The molecule has 11 nitrogen and oxygen atoms in total. The molecular formula is C46H61F2N5O6Si. The lowest BCUT2D eigenvalue weighted by Gasteiger charge is -2.42. The molecule has 2 unspecified atom stereocenters. The molecule has 2 aromatic carbocycles. The largest absolute Gasteiger partial charge is 0.468 e. The van der Waals surface area contributed by atoms with Crippen molar-refractivity contribution in [3.05, 3.63) is 47.7 Å². The molecule has 2 bridgehead atoms. The number of carbonyl (C=O) groups is 1. The lowest BCUT2D eigenvalue weighted by Crippen LogP contribution is -2.57. The van der Waals surface area contributed by atoms with Crippen molar-refractivity contribution in [2.45, 2.75) is 123 Å². The zero-order valence-electron chi connectivity index (χ0n) is 37.2. The van der Waals surface area contributed by atoms with Crippen LogP contribution in [0.3, 0.4) is 0 Å². The monoisotopic (exact) mass is 845 g/mol. The number of hydrogen-bond donors (Lipinski definition) is 1. The number of pyridine rings is 1. The Morgan fingerprint density at radius 3 is 2.20 bits per heavy atom. The summed E-state index contributed by atoms with van der Waals surface area (Å²) < 4.78 is 56.8. The fourth-order valence-corrected chi connectivity index (χ4v) is 14.3. The number of aromatic nitrogens is 3. The lowest BCUT2D eigenvalue weighted by atomic mass is 9.95. The Balaban J connectivity index is 1.56. The van der Waals surface area contributed by atoms with Crippen LogP contribution in [0.1, 0.15) is 94.6 Å². The highest BCUT2D eigenvalue weighted by atomic mass is 28.3. The van der Waals surface area contributed by atoms with Gasteiger partial charge >= 0.3 is 12.1 Å². The molecule has 14 heteroatoms. The molecule has 0 saturated carbocycles.